The summed E-state index contributed by atoms with van der Waals surface area (Å²) in [7, 11) is 0. The normalized spacial score (nSPS) is 22.9. The minimum Gasteiger partial charge on any atom is -0.354 e. The van der Waals surface area contributed by atoms with E-state index >= 15 is 0 Å². The molecule has 1 N–H and O–H groups in total. The Hall–Kier alpha value is -3.03. The maximum atomic E-state index is 12.6. The van der Waals surface area contributed by atoms with Gasteiger partial charge in [0.1, 0.15) is 11.8 Å². The summed E-state index contributed by atoms with van der Waals surface area (Å²) < 4.78 is 0. The van der Waals surface area contributed by atoms with Crippen LogP contribution in [0, 0.1) is 5.41 Å². The largest absolute Gasteiger partial charge is 0.354 e. The fourth-order valence-electron chi connectivity index (χ4n) is 4.67. The van der Waals surface area contributed by atoms with Gasteiger partial charge in [0, 0.05) is 50.4 Å². The summed E-state index contributed by atoms with van der Waals surface area (Å²) in [6.07, 6.45) is 10.6. The van der Waals surface area contributed by atoms with E-state index in [9.17, 15) is 4.79 Å². The third-order valence-corrected chi connectivity index (χ3v) is 6.01. The first-order valence-electron chi connectivity index (χ1n) is 9.78. The van der Waals surface area contributed by atoms with E-state index in [1.807, 2.05) is 23.2 Å². The van der Waals surface area contributed by atoms with Gasteiger partial charge in [-0.15, -0.1) is 0 Å². The van der Waals surface area contributed by atoms with Crippen molar-refractivity contribution in [2.75, 3.05) is 24.5 Å². The molecule has 1 amide bonds. The van der Waals surface area contributed by atoms with Crippen LogP contribution in [0.1, 0.15) is 31.2 Å². The van der Waals surface area contributed by atoms with Crippen molar-refractivity contribution >= 4 is 22.9 Å². The van der Waals surface area contributed by atoms with Crippen LogP contribution in [0.5, 0.6) is 0 Å². The Bertz CT molecular complexity index is 988. The first-order chi connectivity index (χ1) is 13.7. The lowest BCUT2D eigenvalue weighted by molar-refractivity contribution is -0.138. The van der Waals surface area contributed by atoms with Gasteiger partial charge in [-0.2, -0.15) is 0 Å². The van der Waals surface area contributed by atoms with Crippen LogP contribution in [0.2, 0.25) is 0 Å². The molecule has 0 saturated carbocycles. The molecule has 5 heterocycles. The van der Waals surface area contributed by atoms with Gasteiger partial charge in [0.15, 0.2) is 11.5 Å². The van der Waals surface area contributed by atoms with Gasteiger partial charge in [0.2, 0.25) is 5.91 Å². The fraction of sp³-hybridized carbons (Fsp3) is 0.450. The molecule has 0 aromatic carbocycles. The maximum Gasteiger partial charge on any atom is 0.222 e. The highest BCUT2D eigenvalue weighted by atomic mass is 16.2. The minimum atomic E-state index is 0.103. The lowest BCUT2D eigenvalue weighted by atomic mass is 9.73. The molecular formula is C20H23N7O. The van der Waals surface area contributed by atoms with Crippen molar-refractivity contribution in [2.24, 2.45) is 5.41 Å². The molecule has 3 aromatic heterocycles. The van der Waals surface area contributed by atoms with Crippen LogP contribution in [-0.4, -0.2) is 55.4 Å². The van der Waals surface area contributed by atoms with Crippen molar-refractivity contribution in [1.82, 2.24) is 29.8 Å². The quantitative estimate of drug-likeness (QED) is 0.752. The maximum absolute atomic E-state index is 12.6. The standard InChI is InChI=1S/C20H23N7O/c28-16-4-6-20(12-27(16)10-15-3-1-7-21-9-15)5-2-8-26(11-20)19-17-18(23-13-22-17)24-14-25-19/h1,3,7,9,13-14H,2,4-6,8,10-12H2,(H,22,23,24,25). The Morgan fingerprint density at radius 2 is 2.14 bits per heavy atom. The third-order valence-electron chi connectivity index (χ3n) is 6.01. The summed E-state index contributed by atoms with van der Waals surface area (Å²) in [5, 5.41) is 0. The molecule has 0 radical (unpaired) electrons. The Kier molecular flexibility index (Phi) is 4.18. The molecule has 1 unspecified atom stereocenters. The highest BCUT2D eigenvalue weighted by molar-refractivity contribution is 5.83. The number of pyridine rings is 1. The number of H-pyrrole nitrogens is 1. The molecule has 8 heteroatoms. The van der Waals surface area contributed by atoms with E-state index in [-0.39, 0.29) is 11.3 Å². The molecule has 0 aliphatic carbocycles. The first-order valence-corrected chi connectivity index (χ1v) is 9.78. The summed E-state index contributed by atoms with van der Waals surface area (Å²) in [6.45, 7) is 3.28. The van der Waals surface area contributed by atoms with Gasteiger partial charge in [-0.05, 0) is 30.9 Å². The summed E-state index contributed by atoms with van der Waals surface area (Å²) in [5.74, 6) is 1.15. The van der Waals surface area contributed by atoms with Gasteiger partial charge < -0.3 is 14.8 Å². The molecule has 2 aliphatic rings. The lowest BCUT2D eigenvalue weighted by Gasteiger charge is -2.48. The number of hydrogen-bond acceptors (Lipinski definition) is 6. The summed E-state index contributed by atoms with van der Waals surface area (Å²) >= 11 is 0. The lowest BCUT2D eigenvalue weighted by Crippen LogP contribution is -2.54. The van der Waals surface area contributed by atoms with E-state index in [0.29, 0.717) is 18.6 Å². The van der Waals surface area contributed by atoms with Gasteiger partial charge in [0.05, 0.1) is 6.33 Å². The Morgan fingerprint density at radius 3 is 3.04 bits per heavy atom. The Balaban J connectivity index is 1.38. The Labute approximate surface area is 163 Å². The van der Waals surface area contributed by atoms with Crippen LogP contribution in [0.25, 0.3) is 11.2 Å². The van der Waals surface area contributed by atoms with Crippen molar-refractivity contribution in [1.29, 1.82) is 0 Å². The predicted molar refractivity (Wildman–Crippen MR) is 104 cm³/mol. The summed E-state index contributed by atoms with van der Waals surface area (Å²) in [5.41, 5.74) is 2.77. The number of fused-ring (bicyclic) bond motifs is 1. The molecule has 28 heavy (non-hydrogen) atoms. The molecular weight excluding hydrogens is 354 g/mol. The predicted octanol–water partition coefficient (Wildman–Crippen LogP) is 2.16. The Morgan fingerprint density at radius 1 is 1.18 bits per heavy atom. The van der Waals surface area contributed by atoms with E-state index in [1.165, 1.54) is 0 Å². The number of nitrogens with zero attached hydrogens (tertiary/aromatic N) is 6. The number of imidazole rings is 1. The number of hydrogen-bond donors (Lipinski definition) is 1. The molecule has 0 bridgehead atoms. The van der Waals surface area contributed by atoms with E-state index < -0.39 is 0 Å². The molecule has 5 rings (SSSR count). The number of carbonyl (C=O) groups is 1. The van der Waals surface area contributed by atoms with Crippen LogP contribution in [-0.2, 0) is 11.3 Å². The van der Waals surface area contributed by atoms with E-state index in [2.05, 4.69) is 29.8 Å². The van der Waals surface area contributed by atoms with Crippen LogP contribution in [0.3, 0.4) is 0 Å². The number of piperidine rings is 2. The number of aromatic amines is 1. The van der Waals surface area contributed by atoms with Crippen molar-refractivity contribution in [3.8, 4) is 0 Å². The zero-order chi connectivity index (χ0) is 19.0. The van der Waals surface area contributed by atoms with Crippen molar-refractivity contribution in [3.05, 3.63) is 42.7 Å². The minimum absolute atomic E-state index is 0.103. The van der Waals surface area contributed by atoms with Crippen LogP contribution in [0.15, 0.2) is 37.2 Å². The van der Waals surface area contributed by atoms with E-state index in [1.54, 1.807) is 18.9 Å². The molecule has 2 saturated heterocycles. The van der Waals surface area contributed by atoms with Crippen molar-refractivity contribution in [3.63, 3.8) is 0 Å². The third kappa shape index (κ3) is 3.08. The van der Waals surface area contributed by atoms with Gasteiger partial charge in [-0.25, -0.2) is 15.0 Å². The second-order valence-electron chi connectivity index (χ2n) is 7.93. The monoisotopic (exact) mass is 377 g/mol. The molecule has 2 fully saturated rings. The van der Waals surface area contributed by atoms with Gasteiger partial charge in [-0.1, -0.05) is 6.07 Å². The number of aromatic nitrogens is 5. The van der Waals surface area contributed by atoms with Crippen LogP contribution in [0.4, 0.5) is 5.82 Å². The van der Waals surface area contributed by atoms with Crippen molar-refractivity contribution in [2.45, 2.75) is 32.2 Å². The second kappa shape index (κ2) is 6.85. The molecule has 3 aromatic rings. The number of likely N-dealkylation sites (tertiary alicyclic amines) is 1. The van der Waals surface area contributed by atoms with E-state index in [0.717, 1.165) is 55.8 Å². The van der Waals surface area contributed by atoms with Gasteiger partial charge in [-0.3, -0.25) is 9.78 Å². The zero-order valence-electron chi connectivity index (χ0n) is 15.7. The molecule has 144 valence electrons. The molecule has 8 nitrogen and oxygen atoms in total. The average Bonchev–Trinajstić information content (AvgIpc) is 3.21. The van der Waals surface area contributed by atoms with E-state index in [4.69, 9.17) is 0 Å². The fourth-order valence-corrected chi connectivity index (χ4v) is 4.67. The highest BCUT2D eigenvalue weighted by Crippen LogP contribution is 2.40. The molecule has 2 aliphatic heterocycles. The number of anilines is 1. The number of rotatable bonds is 3. The SMILES string of the molecule is O=C1CCC2(CCCN(c3ncnc4nc[nH]c34)C2)CN1Cc1cccnc1. The average molecular weight is 377 g/mol. The van der Waals surface area contributed by atoms with Crippen LogP contribution < -0.4 is 4.90 Å². The summed E-state index contributed by atoms with van der Waals surface area (Å²) in [4.78, 5) is 37.3. The first kappa shape index (κ1) is 17.1. The smallest absolute Gasteiger partial charge is 0.222 e. The number of nitrogens with one attached hydrogen (secondary N) is 1. The molecule has 1 spiro atoms. The van der Waals surface area contributed by atoms with Crippen molar-refractivity contribution < 1.29 is 4.79 Å². The van der Waals surface area contributed by atoms with Gasteiger partial charge in [0.25, 0.3) is 0 Å². The van der Waals surface area contributed by atoms with Gasteiger partial charge >= 0.3 is 0 Å². The van der Waals surface area contributed by atoms with Crippen LogP contribution >= 0.6 is 0 Å². The second-order valence-corrected chi connectivity index (χ2v) is 7.93. The number of amides is 1. The zero-order valence-corrected chi connectivity index (χ0v) is 15.7. The summed E-state index contributed by atoms with van der Waals surface area (Å²) in [6, 6.07) is 3.96. The topological polar surface area (TPSA) is 90.9 Å². The number of carbonyl (C=O) groups excluding carboxylic acids is 1. The molecule has 1 atom stereocenters. The highest BCUT2D eigenvalue weighted by Gasteiger charge is 2.42.